The zero-order valence-corrected chi connectivity index (χ0v) is 14.8. The number of nitrogens with zero attached hydrogens (tertiary/aromatic N) is 3. The van der Waals surface area contributed by atoms with Gasteiger partial charge in [0.25, 0.3) is 0 Å². The number of benzene rings is 1. The molecule has 2 heterocycles. The average Bonchev–Trinajstić information content (AvgIpc) is 2.62. The maximum absolute atomic E-state index is 12.3. The zero-order valence-electron chi connectivity index (χ0n) is 14.8. The van der Waals surface area contributed by atoms with Gasteiger partial charge in [-0.2, -0.15) is 0 Å². The van der Waals surface area contributed by atoms with Gasteiger partial charge in [-0.15, -0.1) is 0 Å². The first kappa shape index (κ1) is 17.4. The summed E-state index contributed by atoms with van der Waals surface area (Å²) in [6.07, 6.45) is 0.656. The molecule has 2 fully saturated rings. The fraction of sp³-hybridized carbons (Fsp3) is 0.632. The molecule has 1 atom stereocenters. The summed E-state index contributed by atoms with van der Waals surface area (Å²) in [4.78, 5) is 19.3. The van der Waals surface area contributed by atoms with E-state index in [4.69, 9.17) is 0 Å². The third kappa shape index (κ3) is 4.79. The first-order valence-electron chi connectivity index (χ1n) is 9.21. The third-order valence-corrected chi connectivity index (χ3v) is 5.18. The molecule has 0 aromatic heterocycles. The van der Waals surface area contributed by atoms with Crippen LogP contribution in [0.15, 0.2) is 30.3 Å². The van der Waals surface area contributed by atoms with E-state index in [1.165, 1.54) is 5.56 Å². The van der Waals surface area contributed by atoms with Gasteiger partial charge in [0.2, 0.25) is 5.91 Å². The minimum Gasteiger partial charge on any atom is -0.340 e. The lowest BCUT2D eigenvalue weighted by Gasteiger charge is -2.40. The van der Waals surface area contributed by atoms with Gasteiger partial charge in [-0.1, -0.05) is 30.3 Å². The summed E-state index contributed by atoms with van der Waals surface area (Å²) in [6.45, 7) is 11.0. The number of hydrogen-bond acceptors (Lipinski definition) is 4. The van der Waals surface area contributed by atoms with Crippen molar-refractivity contribution in [1.82, 2.24) is 20.0 Å². The number of rotatable bonds is 5. The molecule has 0 aliphatic carbocycles. The molecule has 2 aliphatic heterocycles. The Morgan fingerprint density at radius 2 is 1.88 bits per heavy atom. The number of piperazine rings is 2. The van der Waals surface area contributed by atoms with Crippen molar-refractivity contribution >= 4 is 5.91 Å². The number of nitrogens with one attached hydrogen (secondary N) is 1. The van der Waals surface area contributed by atoms with E-state index in [2.05, 4.69) is 52.4 Å². The van der Waals surface area contributed by atoms with Crippen LogP contribution in [0.2, 0.25) is 0 Å². The molecule has 0 bridgehead atoms. The zero-order chi connectivity index (χ0) is 16.8. The van der Waals surface area contributed by atoms with E-state index in [-0.39, 0.29) is 0 Å². The Morgan fingerprint density at radius 3 is 2.58 bits per heavy atom. The third-order valence-electron chi connectivity index (χ3n) is 5.18. The molecule has 2 aliphatic rings. The molecule has 2 saturated heterocycles. The van der Waals surface area contributed by atoms with Gasteiger partial charge in [-0.3, -0.25) is 14.6 Å². The van der Waals surface area contributed by atoms with Crippen LogP contribution in [-0.2, 0) is 11.3 Å². The first-order valence-corrected chi connectivity index (χ1v) is 9.21. The van der Waals surface area contributed by atoms with Crippen LogP contribution in [0.5, 0.6) is 0 Å². The standard InChI is InChI=1S/C19H30N4O/c1-17-15-21(16-18-5-3-2-4-6-18)13-14-22(17)10-7-19(24)23-11-8-20-9-12-23/h2-6,17,20H,7-16H2,1H3/t17-/m1/s1. The van der Waals surface area contributed by atoms with E-state index in [9.17, 15) is 4.79 Å². The van der Waals surface area contributed by atoms with Gasteiger partial charge in [0, 0.05) is 71.4 Å². The molecule has 24 heavy (non-hydrogen) atoms. The predicted octanol–water partition coefficient (Wildman–Crippen LogP) is 1.01. The molecule has 1 aromatic carbocycles. The van der Waals surface area contributed by atoms with Gasteiger partial charge in [0.15, 0.2) is 0 Å². The maximum atomic E-state index is 12.3. The highest BCUT2D eigenvalue weighted by Crippen LogP contribution is 2.13. The first-order chi connectivity index (χ1) is 11.7. The normalized spacial score (nSPS) is 23.4. The molecule has 0 saturated carbocycles. The molecule has 0 spiro atoms. The van der Waals surface area contributed by atoms with Gasteiger partial charge in [0.05, 0.1) is 0 Å². The number of hydrogen-bond donors (Lipinski definition) is 1. The lowest BCUT2D eigenvalue weighted by atomic mass is 10.1. The van der Waals surface area contributed by atoms with Crippen LogP contribution in [-0.4, -0.2) is 79.0 Å². The van der Waals surface area contributed by atoms with Crippen molar-refractivity contribution < 1.29 is 4.79 Å². The van der Waals surface area contributed by atoms with Crippen molar-refractivity contribution in [2.24, 2.45) is 0 Å². The maximum Gasteiger partial charge on any atom is 0.223 e. The van der Waals surface area contributed by atoms with Gasteiger partial charge < -0.3 is 10.2 Å². The summed E-state index contributed by atoms with van der Waals surface area (Å²) >= 11 is 0. The summed E-state index contributed by atoms with van der Waals surface area (Å²) in [5.74, 6) is 0.315. The Kier molecular flexibility index (Phi) is 6.24. The summed E-state index contributed by atoms with van der Waals surface area (Å²) in [5, 5.41) is 3.30. The van der Waals surface area contributed by atoms with Crippen molar-refractivity contribution in [2.45, 2.75) is 25.9 Å². The summed E-state index contributed by atoms with van der Waals surface area (Å²) < 4.78 is 0. The molecular weight excluding hydrogens is 300 g/mol. The van der Waals surface area contributed by atoms with Crippen LogP contribution in [0.25, 0.3) is 0 Å². The van der Waals surface area contributed by atoms with Crippen LogP contribution in [0.3, 0.4) is 0 Å². The largest absolute Gasteiger partial charge is 0.340 e. The van der Waals surface area contributed by atoms with Crippen molar-refractivity contribution in [3.05, 3.63) is 35.9 Å². The quantitative estimate of drug-likeness (QED) is 0.875. The molecule has 1 N–H and O–H groups in total. The topological polar surface area (TPSA) is 38.8 Å². The predicted molar refractivity (Wildman–Crippen MR) is 96.8 cm³/mol. The summed E-state index contributed by atoms with van der Waals surface area (Å²) in [6, 6.07) is 11.2. The van der Waals surface area contributed by atoms with E-state index in [1.54, 1.807) is 0 Å². The summed E-state index contributed by atoms with van der Waals surface area (Å²) in [5.41, 5.74) is 1.38. The van der Waals surface area contributed by atoms with Crippen molar-refractivity contribution in [3.63, 3.8) is 0 Å². The minimum atomic E-state index is 0.315. The van der Waals surface area contributed by atoms with Crippen LogP contribution in [0.1, 0.15) is 18.9 Å². The van der Waals surface area contributed by atoms with Crippen molar-refractivity contribution in [3.8, 4) is 0 Å². The SMILES string of the molecule is C[C@@H]1CN(Cc2ccccc2)CCN1CCC(=O)N1CCNCC1. The second-order valence-electron chi connectivity index (χ2n) is 6.99. The second-order valence-corrected chi connectivity index (χ2v) is 6.99. The molecule has 0 unspecified atom stereocenters. The molecule has 132 valence electrons. The number of carbonyl (C=O) groups is 1. The minimum absolute atomic E-state index is 0.315. The molecule has 0 radical (unpaired) electrons. The highest BCUT2D eigenvalue weighted by atomic mass is 16.2. The Morgan fingerprint density at radius 1 is 1.12 bits per heavy atom. The van der Waals surface area contributed by atoms with Gasteiger partial charge >= 0.3 is 0 Å². The number of carbonyl (C=O) groups excluding carboxylic acids is 1. The molecular formula is C19H30N4O. The lowest BCUT2D eigenvalue weighted by Crippen LogP contribution is -2.52. The fourth-order valence-corrected chi connectivity index (χ4v) is 3.70. The highest BCUT2D eigenvalue weighted by molar-refractivity contribution is 5.76. The highest BCUT2D eigenvalue weighted by Gasteiger charge is 2.25. The van der Waals surface area contributed by atoms with E-state index in [0.717, 1.165) is 58.9 Å². The molecule has 1 amide bonds. The van der Waals surface area contributed by atoms with Crippen LogP contribution in [0.4, 0.5) is 0 Å². The Labute approximate surface area is 145 Å². The van der Waals surface area contributed by atoms with E-state index in [1.807, 2.05) is 4.90 Å². The Bertz CT molecular complexity index is 515. The van der Waals surface area contributed by atoms with Gasteiger partial charge in [-0.05, 0) is 12.5 Å². The Hall–Kier alpha value is -1.43. The smallest absolute Gasteiger partial charge is 0.223 e. The van der Waals surface area contributed by atoms with Crippen LogP contribution >= 0.6 is 0 Å². The monoisotopic (exact) mass is 330 g/mol. The lowest BCUT2D eigenvalue weighted by molar-refractivity contribution is -0.132. The summed E-state index contributed by atoms with van der Waals surface area (Å²) in [7, 11) is 0. The molecule has 5 nitrogen and oxygen atoms in total. The molecule has 1 aromatic rings. The van der Waals surface area contributed by atoms with Crippen LogP contribution < -0.4 is 5.32 Å². The second kappa shape index (κ2) is 8.60. The van der Waals surface area contributed by atoms with E-state index >= 15 is 0 Å². The molecule has 3 rings (SSSR count). The average molecular weight is 330 g/mol. The van der Waals surface area contributed by atoms with E-state index in [0.29, 0.717) is 18.4 Å². The van der Waals surface area contributed by atoms with Crippen molar-refractivity contribution in [2.75, 3.05) is 52.4 Å². The molecule has 5 heteroatoms. The van der Waals surface area contributed by atoms with Crippen LogP contribution in [0, 0.1) is 0 Å². The van der Waals surface area contributed by atoms with E-state index < -0.39 is 0 Å². The van der Waals surface area contributed by atoms with Gasteiger partial charge in [-0.25, -0.2) is 0 Å². The fourth-order valence-electron chi connectivity index (χ4n) is 3.70. The van der Waals surface area contributed by atoms with Crippen molar-refractivity contribution in [1.29, 1.82) is 0 Å². The Balaban J connectivity index is 1.41. The van der Waals surface area contributed by atoms with Gasteiger partial charge in [0.1, 0.15) is 0 Å². The number of amides is 1.